The number of hydrogen-bond donors (Lipinski definition) is 1. The van der Waals surface area contributed by atoms with Crippen LogP contribution in [0.25, 0.3) is 0 Å². The molecule has 1 aromatic carbocycles. The SMILES string of the molecule is Cc1ccccc1N(C(C)C(=O)O)S(C)(=O)=O. The fourth-order valence-electron chi connectivity index (χ4n) is 1.59. The Kier molecular flexibility index (Phi) is 3.77. The number of carboxylic acids is 1. The summed E-state index contributed by atoms with van der Waals surface area (Å²) < 4.78 is 24.3. The van der Waals surface area contributed by atoms with E-state index in [4.69, 9.17) is 5.11 Å². The van der Waals surface area contributed by atoms with E-state index < -0.39 is 22.0 Å². The third kappa shape index (κ3) is 2.97. The van der Waals surface area contributed by atoms with Crippen LogP contribution >= 0.6 is 0 Å². The summed E-state index contributed by atoms with van der Waals surface area (Å²) in [5, 5.41) is 8.96. The molecule has 1 unspecified atom stereocenters. The number of para-hydroxylation sites is 1. The first kappa shape index (κ1) is 13.5. The van der Waals surface area contributed by atoms with Gasteiger partial charge >= 0.3 is 5.97 Å². The molecule has 0 radical (unpaired) electrons. The molecule has 1 aromatic rings. The second-order valence-corrected chi connectivity index (χ2v) is 5.72. The number of anilines is 1. The van der Waals surface area contributed by atoms with Gasteiger partial charge in [0.2, 0.25) is 10.0 Å². The molecule has 0 amide bonds. The number of carboxylic acid groups (broad SMARTS) is 1. The van der Waals surface area contributed by atoms with Gasteiger partial charge in [0.1, 0.15) is 6.04 Å². The van der Waals surface area contributed by atoms with Crippen molar-refractivity contribution in [3.63, 3.8) is 0 Å². The van der Waals surface area contributed by atoms with Crippen LogP contribution in [0.3, 0.4) is 0 Å². The number of benzene rings is 1. The van der Waals surface area contributed by atoms with Gasteiger partial charge in [-0.15, -0.1) is 0 Å². The Morgan fingerprint density at radius 3 is 2.29 bits per heavy atom. The van der Waals surface area contributed by atoms with Crippen molar-refractivity contribution in [1.29, 1.82) is 0 Å². The molecule has 1 atom stereocenters. The quantitative estimate of drug-likeness (QED) is 0.880. The Morgan fingerprint density at radius 2 is 1.88 bits per heavy atom. The van der Waals surface area contributed by atoms with Gasteiger partial charge in [-0.05, 0) is 25.5 Å². The maximum Gasteiger partial charge on any atom is 0.327 e. The first-order valence-corrected chi connectivity index (χ1v) is 6.88. The van der Waals surface area contributed by atoms with Crippen molar-refractivity contribution in [2.45, 2.75) is 19.9 Å². The summed E-state index contributed by atoms with van der Waals surface area (Å²) in [6, 6.07) is 5.64. The van der Waals surface area contributed by atoms with Crippen molar-refractivity contribution in [3.8, 4) is 0 Å². The van der Waals surface area contributed by atoms with Crippen molar-refractivity contribution in [2.75, 3.05) is 10.6 Å². The molecule has 6 heteroatoms. The predicted octanol–water partition coefficient (Wildman–Crippen LogP) is 1.23. The van der Waals surface area contributed by atoms with Gasteiger partial charge in [0, 0.05) is 0 Å². The van der Waals surface area contributed by atoms with Crippen LogP contribution in [0.1, 0.15) is 12.5 Å². The summed E-state index contributed by atoms with van der Waals surface area (Å²) in [4.78, 5) is 11.0. The summed E-state index contributed by atoms with van der Waals surface area (Å²) in [5.74, 6) is -1.18. The largest absolute Gasteiger partial charge is 0.480 e. The smallest absolute Gasteiger partial charge is 0.327 e. The molecule has 0 aliphatic rings. The molecule has 1 rings (SSSR count). The molecule has 0 saturated carbocycles. The minimum absolute atomic E-state index is 0.393. The molecular formula is C11H15NO4S. The number of carbonyl (C=O) groups is 1. The first-order chi connectivity index (χ1) is 7.75. The van der Waals surface area contributed by atoms with E-state index in [1.54, 1.807) is 31.2 Å². The Labute approximate surface area is 101 Å². The monoisotopic (exact) mass is 257 g/mol. The van der Waals surface area contributed by atoms with Crippen LogP contribution < -0.4 is 4.31 Å². The third-order valence-electron chi connectivity index (χ3n) is 2.42. The van der Waals surface area contributed by atoms with E-state index in [2.05, 4.69) is 0 Å². The number of nitrogens with zero attached hydrogens (tertiary/aromatic N) is 1. The minimum Gasteiger partial charge on any atom is -0.480 e. The maximum absolute atomic E-state index is 11.7. The molecule has 0 spiro atoms. The lowest BCUT2D eigenvalue weighted by Gasteiger charge is -2.27. The minimum atomic E-state index is -3.63. The summed E-state index contributed by atoms with van der Waals surface area (Å²) in [5.41, 5.74) is 1.11. The highest BCUT2D eigenvalue weighted by atomic mass is 32.2. The van der Waals surface area contributed by atoms with Crippen LogP contribution in [0, 0.1) is 6.92 Å². The summed E-state index contributed by atoms with van der Waals surface area (Å²) in [6.45, 7) is 3.08. The second kappa shape index (κ2) is 4.75. The highest BCUT2D eigenvalue weighted by Gasteiger charge is 2.29. The van der Waals surface area contributed by atoms with Gasteiger partial charge < -0.3 is 5.11 Å². The van der Waals surface area contributed by atoms with Crippen molar-refractivity contribution in [1.82, 2.24) is 0 Å². The van der Waals surface area contributed by atoms with E-state index in [1.165, 1.54) is 6.92 Å². The normalized spacial score (nSPS) is 13.1. The molecule has 0 aliphatic carbocycles. The Hall–Kier alpha value is -1.56. The van der Waals surface area contributed by atoms with Crippen molar-refractivity contribution >= 4 is 21.7 Å². The molecular weight excluding hydrogens is 242 g/mol. The van der Waals surface area contributed by atoms with Gasteiger partial charge in [-0.3, -0.25) is 4.31 Å². The summed E-state index contributed by atoms with van der Waals surface area (Å²) in [7, 11) is -3.63. The first-order valence-electron chi connectivity index (χ1n) is 5.03. The zero-order chi connectivity index (χ0) is 13.2. The van der Waals surface area contributed by atoms with Crippen LogP contribution in [-0.4, -0.2) is 31.8 Å². The molecule has 0 saturated heterocycles. The molecule has 0 fully saturated rings. The van der Waals surface area contributed by atoms with E-state index in [-0.39, 0.29) is 0 Å². The highest BCUT2D eigenvalue weighted by molar-refractivity contribution is 7.92. The standard InChI is InChI=1S/C11H15NO4S/c1-8-6-4-5-7-10(8)12(17(3,15)16)9(2)11(13)14/h4-7,9H,1-3H3,(H,13,14). The molecule has 0 aliphatic heterocycles. The second-order valence-electron chi connectivity index (χ2n) is 3.86. The van der Waals surface area contributed by atoms with Gasteiger partial charge in [0.25, 0.3) is 0 Å². The molecule has 94 valence electrons. The van der Waals surface area contributed by atoms with Crippen LogP contribution in [0.5, 0.6) is 0 Å². The van der Waals surface area contributed by atoms with Crippen LogP contribution in [0.15, 0.2) is 24.3 Å². The van der Waals surface area contributed by atoms with Crippen molar-refractivity contribution in [2.24, 2.45) is 0 Å². The third-order valence-corrected chi connectivity index (χ3v) is 3.65. The zero-order valence-electron chi connectivity index (χ0n) is 9.91. The Morgan fingerprint density at radius 1 is 1.35 bits per heavy atom. The lowest BCUT2D eigenvalue weighted by Crippen LogP contribution is -2.43. The average molecular weight is 257 g/mol. The van der Waals surface area contributed by atoms with Crippen LogP contribution in [0.4, 0.5) is 5.69 Å². The molecule has 0 heterocycles. The fraction of sp³-hybridized carbons (Fsp3) is 0.364. The lowest BCUT2D eigenvalue weighted by atomic mass is 10.2. The Balaban J connectivity index is 3.36. The molecule has 5 nitrogen and oxygen atoms in total. The van der Waals surface area contributed by atoms with E-state index in [0.717, 1.165) is 10.6 Å². The van der Waals surface area contributed by atoms with E-state index in [0.29, 0.717) is 11.3 Å². The molecule has 0 bridgehead atoms. The molecule has 17 heavy (non-hydrogen) atoms. The number of rotatable bonds is 4. The van der Waals surface area contributed by atoms with Gasteiger partial charge in [-0.1, -0.05) is 18.2 Å². The highest BCUT2D eigenvalue weighted by Crippen LogP contribution is 2.24. The summed E-state index contributed by atoms with van der Waals surface area (Å²) in [6.07, 6.45) is 0.999. The van der Waals surface area contributed by atoms with Gasteiger partial charge in [0.05, 0.1) is 11.9 Å². The Bertz CT molecular complexity index is 524. The average Bonchev–Trinajstić information content (AvgIpc) is 2.19. The summed E-state index contributed by atoms with van der Waals surface area (Å²) >= 11 is 0. The number of hydrogen-bond acceptors (Lipinski definition) is 3. The number of sulfonamides is 1. The van der Waals surface area contributed by atoms with Crippen molar-refractivity contribution in [3.05, 3.63) is 29.8 Å². The molecule has 0 aromatic heterocycles. The number of aliphatic carboxylic acids is 1. The predicted molar refractivity (Wildman–Crippen MR) is 65.6 cm³/mol. The van der Waals surface area contributed by atoms with Crippen LogP contribution in [0.2, 0.25) is 0 Å². The van der Waals surface area contributed by atoms with Gasteiger partial charge in [0.15, 0.2) is 0 Å². The van der Waals surface area contributed by atoms with Crippen LogP contribution in [-0.2, 0) is 14.8 Å². The zero-order valence-corrected chi connectivity index (χ0v) is 10.7. The van der Waals surface area contributed by atoms with E-state index in [9.17, 15) is 13.2 Å². The van der Waals surface area contributed by atoms with E-state index in [1.807, 2.05) is 0 Å². The van der Waals surface area contributed by atoms with Crippen molar-refractivity contribution < 1.29 is 18.3 Å². The van der Waals surface area contributed by atoms with Gasteiger partial charge in [-0.25, -0.2) is 13.2 Å². The lowest BCUT2D eigenvalue weighted by molar-refractivity contribution is -0.137. The van der Waals surface area contributed by atoms with E-state index >= 15 is 0 Å². The molecule has 1 N–H and O–H groups in total. The number of aryl methyl sites for hydroxylation is 1. The van der Waals surface area contributed by atoms with Gasteiger partial charge in [-0.2, -0.15) is 0 Å². The fourth-order valence-corrected chi connectivity index (χ4v) is 2.81. The maximum atomic E-state index is 11.7. The topological polar surface area (TPSA) is 74.7 Å².